The molecule has 1 atom stereocenters. The van der Waals surface area contributed by atoms with Gasteiger partial charge in [0.1, 0.15) is 0 Å². The minimum absolute atomic E-state index is 0.0806. The van der Waals surface area contributed by atoms with Gasteiger partial charge >= 0.3 is 0 Å². The van der Waals surface area contributed by atoms with Gasteiger partial charge in [0.15, 0.2) is 0 Å². The topological polar surface area (TPSA) is 26.0 Å². The maximum absolute atomic E-state index is 6.14. The van der Waals surface area contributed by atoms with Crippen molar-refractivity contribution < 1.29 is 0 Å². The van der Waals surface area contributed by atoms with Crippen LogP contribution in [0.25, 0.3) is 0 Å². The van der Waals surface area contributed by atoms with Crippen LogP contribution >= 0.6 is 27.3 Å². The van der Waals surface area contributed by atoms with Crippen LogP contribution in [-0.4, -0.2) is 0 Å². The molecular weight excluding hydrogens is 270 g/mol. The van der Waals surface area contributed by atoms with E-state index in [1.807, 2.05) is 12.1 Å². The van der Waals surface area contributed by atoms with Gasteiger partial charge in [-0.3, -0.25) is 0 Å². The second-order valence-corrected chi connectivity index (χ2v) is 5.19. The van der Waals surface area contributed by atoms with Crippen molar-refractivity contribution in [3.8, 4) is 0 Å². The normalized spacial score (nSPS) is 12.7. The van der Waals surface area contributed by atoms with Crippen molar-refractivity contribution in [2.24, 2.45) is 5.73 Å². The fourth-order valence-corrected chi connectivity index (χ4v) is 2.62. The maximum Gasteiger partial charge on any atom is 0.0336 e. The highest BCUT2D eigenvalue weighted by Crippen LogP contribution is 2.20. The molecule has 3 heteroatoms. The van der Waals surface area contributed by atoms with E-state index in [-0.39, 0.29) is 6.04 Å². The highest BCUT2D eigenvalue weighted by molar-refractivity contribution is 9.10. The van der Waals surface area contributed by atoms with Crippen LogP contribution in [0.15, 0.2) is 45.6 Å². The third-order valence-electron chi connectivity index (χ3n) is 2.31. The zero-order chi connectivity index (χ0) is 10.7. The zero-order valence-electron chi connectivity index (χ0n) is 8.19. The van der Waals surface area contributed by atoms with Crippen LogP contribution in [0.1, 0.15) is 17.2 Å². The Balaban J connectivity index is 2.11. The highest BCUT2D eigenvalue weighted by atomic mass is 79.9. The van der Waals surface area contributed by atoms with E-state index in [0.717, 1.165) is 10.9 Å². The Morgan fingerprint density at radius 1 is 1.33 bits per heavy atom. The number of hydrogen-bond acceptors (Lipinski definition) is 2. The molecule has 0 saturated carbocycles. The molecule has 0 radical (unpaired) electrons. The van der Waals surface area contributed by atoms with E-state index < -0.39 is 0 Å². The van der Waals surface area contributed by atoms with Crippen LogP contribution in [0.3, 0.4) is 0 Å². The molecule has 0 aliphatic heterocycles. The lowest BCUT2D eigenvalue weighted by atomic mass is 10.0. The van der Waals surface area contributed by atoms with E-state index in [2.05, 4.69) is 44.9 Å². The van der Waals surface area contributed by atoms with E-state index in [0.29, 0.717) is 0 Å². The molecule has 0 amide bonds. The predicted octanol–water partition coefficient (Wildman–Crippen LogP) is 3.75. The summed E-state index contributed by atoms with van der Waals surface area (Å²) in [5.41, 5.74) is 8.63. The molecule has 0 saturated heterocycles. The van der Waals surface area contributed by atoms with Crippen molar-refractivity contribution in [3.63, 3.8) is 0 Å². The first-order valence-corrected chi connectivity index (χ1v) is 6.51. The number of nitrogens with two attached hydrogens (primary N) is 1. The monoisotopic (exact) mass is 281 g/mol. The van der Waals surface area contributed by atoms with Gasteiger partial charge in [-0.15, -0.1) is 0 Å². The van der Waals surface area contributed by atoms with Crippen LogP contribution in [-0.2, 0) is 6.42 Å². The first-order chi connectivity index (χ1) is 7.25. The standard InChI is InChI=1S/C12H12BrNS/c13-11-3-1-2-10(7-11)12(14)6-9-4-5-15-8-9/h1-5,7-8,12H,6,14H2. The van der Waals surface area contributed by atoms with Crippen LogP contribution in [0.5, 0.6) is 0 Å². The Morgan fingerprint density at radius 2 is 2.20 bits per heavy atom. The van der Waals surface area contributed by atoms with Crippen molar-refractivity contribution in [3.05, 3.63) is 56.7 Å². The summed E-state index contributed by atoms with van der Waals surface area (Å²) in [5.74, 6) is 0. The Bertz CT molecular complexity index is 425. The Morgan fingerprint density at radius 3 is 2.87 bits per heavy atom. The average Bonchev–Trinajstić information content (AvgIpc) is 2.70. The summed E-state index contributed by atoms with van der Waals surface area (Å²) >= 11 is 5.17. The van der Waals surface area contributed by atoms with Gasteiger partial charge < -0.3 is 5.73 Å². The smallest absolute Gasteiger partial charge is 0.0336 e. The van der Waals surface area contributed by atoms with Crippen LogP contribution in [0.2, 0.25) is 0 Å². The van der Waals surface area contributed by atoms with Gasteiger partial charge in [0.05, 0.1) is 0 Å². The predicted molar refractivity (Wildman–Crippen MR) is 69.1 cm³/mol. The number of halogens is 1. The first-order valence-electron chi connectivity index (χ1n) is 4.78. The molecule has 2 N–H and O–H groups in total. The first kappa shape index (κ1) is 10.9. The molecule has 15 heavy (non-hydrogen) atoms. The van der Waals surface area contributed by atoms with E-state index in [1.54, 1.807) is 11.3 Å². The minimum Gasteiger partial charge on any atom is -0.324 e. The molecule has 1 heterocycles. The third kappa shape index (κ3) is 2.91. The zero-order valence-corrected chi connectivity index (χ0v) is 10.6. The molecule has 0 aliphatic rings. The van der Waals surface area contributed by atoms with E-state index in [9.17, 15) is 0 Å². The lowest BCUT2D eigenvalue weighted by molar-refractivity contribution is 0.723. The molecule has 0 spiro atoms. The number of hydrogen-bond donors (Lipinski definition) is 1. The van der Waals surface area contributed by atoms with Crippen LogP contribution < -0.4 is 5.73 Å². The quantitative estimate of drug-likeness (QED) is 0.911. The number of thiophene rings is 1. The van der Waals surface area contributed by atoms with Gasteiger partial charge in [-0.2, -0.15) is 11.3 Å². The summed E-state index contributed by atoms with van der Waals surface area (Å²) in [6.45, 7) is 0. The molecular formula is C12H12BrNS. The fraction of sp³-hybridized carbons (Fsp3) is 0.167. The van der Waals surface area contributed by atoms with E-state index in [1.165, 1.54) is 11.1 Å². The molecule has 1 aromatic heterocycles. The molecule has 78 valence electrons. The number of benzene rings is 1. The van der Waals surface area contributed by atoms with Crippen molar-refractivity contribution >= 4 is 27.3 Å². The summed E-state index contributed by atoms with van der Waals surface area (Å²) in [5, 5.41) is 4.24. The van der Waals surface area contributed by atoms with Gasteiger partial charge in [-0.25, -0.2) is 0 Å². The molecule has 0 bridgehead atoms. The van der Waals surface area contributed by atoms with Crippen molar-refractivity contribution in [1.29, 1.82) is 0 Å². The van der Waals surface area contributed by atoms with Gasteiger partial charge in [-0.1, -0.05) is 28.1 Å². The lowest BCUT2D eigenvalue weighted by Crippen LogP contribution is -2.12. The molecule has 2 aromatic rings. The average molecular weight is 282 g/mol. The summed E-state index contributed by atoms with van der Waals surface area (Å²) in [4.78, 5) is 0. The van der Waals surface area contributed by atoms with Gasteiger partial charge in [0.2, 0.25) is 0 Å². The Kier molecular flexibility index (Phi) is 3.57. The highest BCUT2D eigenvalue weighted by Gasteiger charge is 2.07. The minimum atomic E-state index is 0.0806. The van der Waals surface area contributed by atoms with E-state index in [4.69, 9.17) is 5.73 Å². The molecule has 2 rings (SSSR count). The summed E-state index contributed by atoms with van der Waals surface area (Å²) in [7, 11) is 0. The Labute approximate surface area is 102 Å². The van der Waals surface area contributed by atoms with Crippen LogP contribution in [0, 0.1) is 0 Å². The molecule has 0 fully saturated rings. The van der Waals surface area contributed by atoms with Crippen LogP contribution in [0.4, 0.5) is 0 Å². The summed E-state index contributed by atoms with van der Waals surface area (Å²) in [6, 6.07) is 10.4. The molecule has 1 nitrogen and oxygen atoms in total. The number of rotatable bonds is 3. The van der Waals surface area contributed by atoms with Gasteiger partial charge in [0, 0.05) is 10.5 Å². The molecule has 1 aromatic carbocycles. The summed E-state index contributed by atoms with van der Waals surface area (Å²) < 4.78 is 1.08. The second-order valence-electron chi connectivity index (χ2n) is 3.50. The van der Waals surface area contributed by atoms with Crippen molar-refractivity contribution in [2.45, 2.75) is 12.5 Å². The Hall–Kier alpha value is -0.640. The lowest BCUT2D eigenvalue weighted by Gasteiger charge is -2.11. The van der Waals surface area contributed by atoms with Crippen molar-refractivity contribution in [1.82, 2.24) is 0 Å². The molecule has 1 unspecified atom stereocenters. The van der Waals surface area contributed by atoms with Gasteiger partial charge in [-0.05, 0) is 46.5 Å². The van der Waals surface area contributed by atoms with E-state index >= 15 is 0 Å². The van der Waals surface area contributed by atoms with Crippen molar-refractivity contribution in [2.75, 3.05) is 0 Å². The molecule has 0 aliphatic carbocycles. The third-order valence-corrected chi connectivity index (χ3v) is 3.54. The second kappa shape index (κ2) is 4.92. The SMILES string of the molecule is NC(Cc1ccsc1)c1cccc(Br)c1. The van der Waals surface area contributed by atoms with Gasteiger partial charge in [0.25, 0.3) is 0 Å². The summed E-state index contributed by atoms with van der Waals surface area (Å²) in [6.07, 6.45) is 0.903. The maximum atomic E-state index is 6.14. The largest absolute Gasteiger partial charge is 0.324 e. The fourth-order valence-electron chi connectivity index (χ4n) is 1.52.